The minimum atomic E-state index is -3.69. The van der Waals surface area contributed by atoms with E-state index in [0.29, 0.717) is 17.7 Å². The van der Waals surface area contributed by atoms with E-state index in [1.165, 1.54) is 13.3 Å². The highest BCUT2D eigenvalue weighted by Crippen LogP contribution is 2.40. The Labute approximate surface area is 211 Å². The summed E-state index contributed by atoms with van der Waals surface area (Å²) in [5, 5.41) is 5.64. The minimum absolute atomic E-state index is 0.267. The average Bonchev–Trinajstić information content (AvgIpc) is 3.15. The number of hydrogen-bond donors (Lipinski definition) is 3. The van der Waals surface area contributed by atoms with Gasteiger partial charge >= 0.3 is 11.9 Å². The summed E-state index contributed by atoms with van der Waals surface area (Å²) in [4.78, 5) is 37.4. The fourth-order valence-corrected chi connectivity index (χ4v) is 5.65. The van der Waals surface area contributed by atoms with Crippen molar-refractivity contribution < 1.29 is 28.4 Å². The maximum atomic E-state index is 14.0. The third-order valence-electron chi connectivity index (χ3n) is 4.84. The molecule has 0 aliphatic carbocycles. The molecule has 202 valence electrons. The molecule has 0 radical (unpaired) electrons. The first-order valence-electron chi connectivity index (χ1n) is 11.7. The first-order chi connectivity index (χ1) is 16.6. The second-order valence-corrected chi connectivity index (χ2v) is 11.9. The maximum absolute atomic E-state index is 14.0. The molecule has 2 aromatic heterocycles. The molecule has 0 bridgehead atoms. The Bertz CT molecular complexity index is 1100. The Morgan fingerprint density at radius 1 is 1.08 bits per heavy atom. The van der Waals surface area contributed by atoms with Gasteiger partial charge in [-0.05, 0) is 55.4 Å². The van der Waals surface area contributed by atoms with E-state index in [4.69, 9.17) is 19.9 Å². The summed E-state index contributed by atoms with van der Waals surface area (Å²) in [7, 11) is -3.69. The number of hydrogen-bond acceptors (Lipinski definition) is 10. The summed E-state index contributed by atoms with van der Waals surface area (Å²) in [6.07, 6.45) is 1.45. The standard InChI is InChI=1S/C22H38N7O6P/c1-13(2)34-20(30)16(6)27-36(32,28-22(7,8)21(31)35-14(3)4)12-33-15(5)9-29-11-26-17-18(23)24-10-25-19(17)29/h10-11,13-16H,9,12H2,1-8H3,(H2,23,24,25)(H2,27,28,32)/t15-,16-,36?/m1/s1. The number of nitrogens with one attached hydrogen (secondary N) is 2. The zero-order chi connectivity index (χ0) is 27.3. The van der Waals surface area contributed by atoms with Gasteiger partial charge in [0, 0.05) is 0 Å². The van der Waals surface area contributed by atoms with Crippen LogP contribution in [0.1, 0.15) is 55.4 Å². The number of carbonyl (C=O) groups is 2. The van der Waals surface area contributed by atoms with E-state index in [0.717, 1.165) is 0 Å². The van der Waals surface area contributed by atoms with Crippen molar-refractivity contribution >= 4 is 36.4 Å². The van der Waals surface area contributed by atoms with Crippen molar-refractivity contribution in [1.82, 2.24) is 29.7 Å². The number of ether oxygens (including phenoxy) is 3. The number of aromatic nitrogens is 4. The van der Waals surface area contributed by atoms with Gasteiger partial charge in [-0.2, -0.15) is 0 Å². The van der Waals surface area contributed by atoms with Crippen molar-refractivity contribution in [3.8, 4) is 0 Å². The summed E-state index contributed by atoms with van der Waals surface area (Å²) >= 11 is 0. The van der Waals surface area contributed by atoms with E-state index in [9.17, 15) is 14.2 Å². The van der Waals surface area contributed by atoms with Crippen molar-refractivity contribution in [2.24, 2.45) is 0 Å². The fraction of sp³-hybridized carbons (Fsp3) is 0.682. The van der Waals surface area contributed by atoms with Gasteiger partial charge in [-0.3, -0.25) is 14.2 Å². The van der Waals surface area contributed by atoms with Crippen LogP contribution in [0.4, 0.5) is 5.82 Å². The molecule has 0 fully saturated rings. The van der Waals surface area contributed by atoms with Gasteiger partial charge in [0.15, 0.2) is 11.5 Å². The minimum Gasteiger partial charge on any atom is -0.462 e. The van der Waals surface area contributed by atoms with Crippen LogP contribution < -0.4 is 15.9 Å². The number of nitrogens with two attached hydrogens (primary N) is 1. The largest absolute Gasteiger partial charge is 0.462 e. The molecule has 2 rings (SSSR count). The van der Waals surface area contributed by atoms with Crippen LogP contribution in [-0.2, 0) is 34.9 Å². The van der Waals surface area contributed by atoms with Crippen molar-refractivity contribution in [1.29, 1.82) is 0 Å². The number of rotatable bonds is 13. The van der Waals surface area contributed by atoms with Gasteiger partial charge in [-0.25, -0.2) is 25.1 Å². The number of nitrogen functional groups attached to an aromatic ring is 1. The van der Waals surface area contributed by atoms with Gasteiger partial charge in [0.2, 0.25) is 7.44 Å². The van der Waals surface area contributed by atoms with E-state index in [2.05, 4.69) is 25.1 Å². The Morgan fingerprint density at radius 3 is 2.33 bits per heavy atom. The first kappa shape index (κ1) is 29.6. The highest BCUT2D eigenvalue weighted by atomic mass is 31.2. The lowest BCUT2D eigenvalue weighted by molar-refractivity contribution is -0.153. The smallest absolute Gasteiger partial charge is 0.326 e. The SMILES string of the molecule is CC(C)OC(=O)[C@@H](C)NP(=O)(CO[C@H](C)Cn1cnc2c(N)ncnc21)NC(C)(C)C(=O)OC(C)C. The average molecular weight is 528 g/mol. The molecule has 0 aromatic carbocycles. The molecule has 0 aliphatic rings. The molecule has 1 unspecified atom stereocenters. The monoisotopic (exact) mass is 527 g/mol. The maximum Gasteiger partial charge on any atom is 0.326 e. The van der Waals surface area contributed by atoms with Gasteiger partial charge in [-0.1, -0.05) is 0 Å². The zero-order valence-corrected chi connectivity index (χ0v) is 23.0. The number of nitrogens with zero attached hydrogens (tertiary/aromatic N) is 4. The molecule has 14 heteroatoms. The molecule has 13 nitrogen and oxygen atoms in total. The fourth-order valence-electron chi connectivity index (χ4n) is 3.25. The van der Waals surface area contributed by atoms with Crippen LogP contribution in [0.2, 0.25) is 0 Å². The Morgan fingerprint density at radius 2 is 1.72 bits per heavy atom. The van der Waals surface area contributed by atoms with Crippen LogP contribution in [0, 0.1) is 0 Å². The van der Waals surface area contributed by atoms with Crippen LogP contribution >= 0.6 is 7.44 Å². The highest BCUT2D eigenvalue weighted by Gasteiger charge is 2.39. The molecular weight excluding hydrogens is 489 g/mol. The summed E-state index contributed by atoms with van der Waals surface area (Å²) in [6.45, 7) is 13.6. The quantitative estimate of drug-likeness (QED) is 0.256. The Balaban J connectivity index is 2.18. The van der Waals surface area contributed by atoms with Crippen molar-refractivity contribution in [2.45, 2.75) is 91.8 Å². The summed E-state index contributed by atoms with van der Waals surface area (Å²) in [5.74, 6) is -0.903. The Hall–Kier alpha value is -2.60. The number of anilines is 1. The lowest BCUT2D eigenvalue weighted by atomic mass is 10.1. The third kappa shape index (κ3) is 8.22. The molecule has 0 aliphatic heterocycles. The highest BCUT2D eigenvalue weighted by molar-refractivity contribution is 7.59. The van der Waals surface area contributed by atoms with Gasteiger partial charge in [0.05, 0.1) is 31.2 Å². The second-order valence-electron chi connectivity index (χ2n) is 9.70. The van der Waals surface area contributed by atoms with Crippen molar-refractivity contribution in [2.75, 3.05) is 12.1 Å². The second kappa shape index (κ2) is 12.1. The lowest BCUT2D eigenvalue weighted by Crippen LogP contribution is -2.51. The van der Waals surface area contributed by atoms with Gasteiger partial charge in [0.25, 0.3) is 0 Å². The van der Waals surface area contributed by atoms with Crippen LogP contribution in [0.5, 0.6) is 0 Å². The first-order valence-corrected chi connectivity index (χ1v) is 13.6. The summed E-state index contributed by atoms with van der Waals surface area (Å²) in [5.41, 5.74) is 5.52. The van der Waals surface area contributed by atoms with E-state index >= 15 is 0 Å². The van der Waals surface area contributed by atoms with Gasteiger partial charge < -0.3 is 24.5 Å². The third-order valence-corrected chi connectivity index (χ3v) is 7.08. The van der Waals surface area contributed by atoms with E-state index in [1.54, 1.807) is 59.4 Å². The number of imidazole rings is 1. The van der Waals surface area contributed by atoms with Gasteiger partial charge in [0.1, 0.15) is 29.8 Å². The van der Waals surface area contributed by atoms with E-state index in [-0.39, 0.29) is 24.4 Å². The lowest BCUT2D eigenvalue weighted by Gasteiger charge is -2.33. The molecule has 0 amide bonds. The normalized spacial score (nSPS) is 15.6. The predicted octanol–water partition coefficient (Wildman–Crippen LogP) is 2.21. The van der Waals surface area contributed by atoms with Crippen LogP contribution in [-0.4, -0.2) is 67.7 Å². The van der Waals surface area contributed by atoms with E-state index in [1.807, 2.05) is 0 Å². The van der Waals surface area contributed by atoms with Crippen molar-refractivity contribution in [3.63, 3.8) is 0 Å². The summed E-state index contributed by atoms with van der Waals surface area (Å²) in [6, 6.07) is -0.932. The zero-order valence-electron chi connectivity index (χ0n) is 22.1. The number of carbonyl (C=O) groups excluding carboxylic acids is 2. The van der Waals surface area contributed by atoms with Gasteiger partial charge in [-0.15, -0.1) is 0 Å². The molecular formula is C22H38N7O6P. The van der Waals surface area contributed by atoms with Crippen LogP contribution in [0.15, 0.2) is 12.7 Å². The summed E-state index contributed by atoms with van der Waals surface area (Å²) < 4.78 is 32.1. The number of fused-ring (bicyclic) bond motifs is 1. The molecule has 0 saturated carbocycles. The molecule has 36 heavy (non-hydrogen) atoms. The van der Waals surface area contributed by atoms with Crippen LogP contribution in [0.25, 0.3) is 11.2 Å². The van der Waals surface area contributed by atoms with Crippen molar-refractivity contribution in [3.05, 3.63) is 12.7 Å². The predicted molar refractivity (Wildman–Crippen MR) is 135 cm³/mol. The molecule has 3 atom stereocenters. The topological polar surface area (TPSA) is 173 Å². The molecule has 4 N–H and O–H groups in total. The van der Waals surface area contributed by atoms with E-state index < -0.39 is 37.1 Å². The molecule has 0 saturated heterocycles. The number of esters is 2. The van der Waals surface area contributed by atoms with Crippen LogP contribution in [0.3, 0.4) is 0 Å². The molecule has 0 spiro atoms. The Kier molecular flexibility index (Phi) is 9.95. The molecule has 2 heterocycles. The molecule has 2 aromatic rings.